The summed E-state index contributed by atoms with van der Waals surface area (Å²) in [5, 5.41) is 0. The van der Waals surface area contributed by atoms with Gasteiger partial charge in [-0.1, -0.05) is 55.1 Å². The van der Waals surface area contributed by atoms with E-state index in [1.54, 1.807) is 6.92 Å². The fraction of sp³-hybridized carbons (Fsp3) is 0.118. The van der Waals surface area contributed by atoms with E-state index in [9.17, 15) is 4.79 Å². The van der Waals surface area contributed by atoms with Crippen LogP contribution < -0.4 is 0 Å². The fourth-order valence-corrected chi connectivity index (χ4v) is 2.05. The number of aryl methyl sites for hydroxylation is 1. The molecule has 0 saturated heterocycles. The fourth-order valence-electron chi connectivity index (χ4n) is 2.05. The van der Waals surface area contributed by atoms with Gasteiger partial charge in [0.05, 0.1) is 0 Å². The Balaban J connectivity index is 2.41. The maximum Gasteiger partial charge on any atom is 0.160 e. The lowest BCUT2D eigenvalue weighted by Gasteiger charge is -2.07. The zero-order valence-corrected chi connectivity index (χ0v) is 10.7. The van der Waals surface area contributed by atoms with Gasteiger partial charge in [-0.15, -0.1) is 0 Å². The summed E-state index contributed by atoms with van der Waals surface area (Å²) >= 11 is 0. The van der Waals surface area contributed by atoms with Crippen LogP contribution in [0.1, 0.15) is 28.4 Å². The Morgan fingerprint density at radius 3 is 2.17 bits per heavy atom. The topological polar surface area (TPSA) is 17.1 Å². The minimum atomic E-state index is 0.112. The van der Waals surface area contributed by atoms with Gasteiger partial charge in [0.15, 0.2) is 5.78 Å². The summed E-state index contributed by atoms with van der Waals surface area (Å²) in [6.45, 7) is 7.31. The first-order chi connectivity index (χ1) is 8.61. The normalized spacial score (nSPS) is 10.1. The van der Waals surface area contributed by atoms with E-state index >= 15 is 0 Å². The Kier molecular flexibility index (Phi) is 3.42. The molecule has 0 bridgehead atoms. The zero-order valence-electron chi connectivity index (χ0n) is 10.7. The molecule has 0 aliphatic heterocycles. The number of Topliss-reactive ketones (excluding diaryl/α,β-unsaturated/α-hetero) is 1. The first-order valence-corrected chi connectivity index (χ1v) is 5.96. The van der Waals surface area contributed by atoms with E-state index in [4.69, 9.17) is 0 Å². The molecule has 2 aromatic rings. The van der Waals surface area contributed by atoms with Crippen molar-refractivity contribution >= 4 is 11.9 Å². The van der Waals surface area contributed by atoms with Gasteiger partial charge in [0.25, 0.3) is 0 Å². The van der Waals surface area contributed by atoms with Gasteiger partial charge < -0.3 is 0 Å². The van der Waals surface area contributed by atoms with Crippen molar-refractivity contribution in [3.05, 3.63) is 65.7 Å². The summed E-state index contributed by atoms with van der Waals surface area (Å²) in [6, 6.07) is 14.2. The molecule has 1 nitrogen and oxygen atoms in total. The average molecular weight is 236 g/mol. The van der Waals surface area contributed by atoms with Gasteiger partial charge in [-0.05, 0) is 36.1 Å². The molecule has 0 spiro atoms. The van der Waals surface area contributed by atoms with E-state index in [2.05, 4.69) is 24.8 Å². The number of ketones is 1. The SMILES string of the molecule is C=Cc1ccc(-c2ccc(C(C)=O)c(C)c2)cc1. The zero-order chi connectivity index (χ0) is 13.1. The van der Waals surface area contributed by atoms with Crippen LogP contribution in [-0.4, -0.2) is 5.78 Å². The van der Waals surface area contributed by atoms with E-state index in [1.807, 2.05) is 37.3 Å². The Morgan fingerprint density at radius 1 is 1.06 bits per heavy atom. The standard InChI is InChI=1S/C17H16O/c1-4-14-5-7-15(8-6-14)16-9-10-17(13(3)18)12(2)11-16/h4-11H,1H2,2-3H3. The van der Waals surface area contributed by atoms with Gasteiger partial charge in [0.2, 0.25) is 0 Å². The predicted molar refractivity (Wildman–Crippen MR) is 76.7 cm³/mol. The highest BCUT2D eigenvalue weighted by Gasteiger charge is 2.05. The van der Waals surface area contributed by atoms with Crippen LogP contribution in [0.25, 0.3) is 17.2 Å². The van der Waals surface area contributed by atoms with E-state index in [1.165, 1.54) is 0 Å². The number of hydrogen-bond acceptors (Lipinski definition) is 1. The molecule has 0 saturated carbocycles. The highest BCUT2D eigenvalue weighted by atomic mass is 16.1. The highest BCUT2D eigenvalue weighted by Crippen LogP contribution is 2.23. The van der Waals surface area contributed by atoms with Gasteiger partial charge in [-0.2, -0.15) is 0 Å². The van der Waals surface area contributed by atoms with Crippen molar-refractivity contribution < 1.29 is 4.79 Å². The molecule has 2 rings (SSSR count). The molecule has 0 aliphatic carbocycles. The molecule has 1 heteroatoms. The van der Waals surface area contributed by atoms with Gasteiger partial charge in [-0.3, -0.25) is 4.79 Å². The number of carbonyl (C=O) groups is 1. The van der Waals surface area contributed by atoms with Crippen molar-refractivity contribution in [2.75, 3.05) is 0 Å². The summed E-state index contributed by atoms with van der Waals surface area (Å²) in [5.74, 6) is 0.112. The lowest BCUT2D eigenvalue weighted by molar-refractivity contribution is 0.101. The third-order valence-corrected chi connectivity index (χ3v) is 3.09. The summed E-state index contributed by atoms with van der Waals surface area (Å²) in [5.41, 5.74) is 5.21. The van der Waals surface area contributed by atoms with Crippen molar-refractivity contribution in [2.45, 2.75) is 13.8 Å². The third kappa shape index (κ3) is 2.40. The Labute approximate surface area is 108 Å². The molecule has 18 heavy (non-hydrogen) atoms. The second kappa shape index (κ2) is 5.01. The number of hydrogen-bond donors (Lipinski definition) is 0. The highest BCUT2D eigenvalue weighted by molar-refractivity contribution is 5.96. The van der Waals surface area contributed by atoms with Crippen molar-refractivity contribution in [3.8, 4) is 11.1 Å². The summed E-state index contributed by atoms with van der Waals surface area (Å²) < 4.78 is 0. The second-order valence-corrected chi connectivity index (χ2v) is 4.41. The number of carbonyl (C=O) groups excluding carboxylic acids is 1. The van der Waals surface area contributed by atoms with Crippen molar-refractivity contribution in [2.24, 2.45) is 0 Å². The molecule has 0 heterocycles. The molecule has 0 N–H and O–H groups in total. The maximum absolute atomic E-state index is 11.4. The van der Waals surface area contributed by atoms with E-state index in [-0.39, 0.29) is 5.78 Å². The first-order valence-electron chi connectivity index (χ1n) is 5.96. The first kappa shape index (κ1) is 12.3. The van der Waals surface area contributed by atoms with Gasteiger partial charge >= 0.3 is 0 Å². The van der Waals surface area contributed by atoms with E-state index < -0.39 is 0 Å². The Bertz CT molecular complexity index is 592. The van der Waals surface area contributed by atoms with Crippen LogP contribution in [0.4, 0.5) is 0 Å². The van der Waals surface area contributed by atoms with Crippen LogP contribution in [0.2, 0.25) is 0 Å². The predicted octanol–water partition coefficient (Wildman–Crippen LogP) is 4.51. The molecule has 0 unspecified atom stereocenters. The average Bonchev–Trinajstić information content (AvgIpc) is 2.38. The van der Waals surface area contributed by atoms with Crippen molar-refractivity contribution in [1.82, 2.24) is 0 Å². The van der Waals surface area contributed by atoms with Crippen molar-refractivity contribution in [3.63, 3.8) is 0 Å². The number of benzene rings is 2. The van der Waals surface area contributed by atoms with Gasteiger partial charge in [-0.25, -0.2) is 0 Å². The third-order valence-electron chi connectivity index (χ3n) is 3.09. The summed E-state index contributed by atoms with van der Waals surface area (Å²) in [4.78, 5) is 11.4. The Hall–Kier alpha value is -2.15. The quantitative estimate of drug-likeness (QED) is 0.717. The lowest BCUT2D eigenvalue weighted by atomic mass is 9.98. The maximum atomic E-state index is 11.4. The van der Waals surface area contributed by atoms with Gasteiger partial charge in [0.1, 0.15) is 0 Å². The van der Waals surface area contributed by atoms with Crippen LogP contribution in [0.15, 0.2) is 49.0 Å². The monoisotopic (exact) mass is 236 g/mol. The van der Waals surface area contributed by atoms with Crippen LogP contribution in [0.5, 0.6) is 0 Å². The minimum Gasteiger partial charge on any atom is -0.295 e. The van der Waals surface area contributed by atoms with Crippen LogP contribution in [-0.2, 0) is 0 Å². The molecule has 2 aromatic carbocycles. The minimum absolute atomic E-state index is 0.112. The summed E-state index contributed by atoms with van der Waals surface area (Å²) in [7, 11) is 0. The molecule has 0 fully saturated rings. The Morgan fingerprint density at radius 2 is 1.67 bits per heavy atom. The van der Waals surface area contributed by atoms with Crippen LogP contribution >= 0.6 is 0 Å². The molecule has 0 aliphatic rings. The van der Waals surface area contributed by atoms with Crippen LogP contribution in [0.3, 0.4) is 0 Å². The molecule has 0 atom stereocenters. The van der Waals surface area contributed by atoms with E-state index in [0.29, 0.717) is 0 Å². The van der Waals surface area contributed by atoms with Crippen molar-refractivity contribution in [1.29, 1.82) is 0 Å². The lowest BCUT2D eigenvalue weighted by Crippen LogP contribution is -1.95. The van der Waals surface area contributed by atoms with Crippen LogP contribution in [0, 0.1) is 6.92 Å². The molecular weight excluding hydrogens is 220 g/mol. The van der Waals surface area contributed by atoms with Gasteiger partial charge in [0, 0.05) is 5.56 Å². The molecule has 90 valence electrons. The summed E-state index contributed by atoms with van der Waals surface area (Å²) in [6.07, 6.45) is 1.83. The number of rotatable bonds is 3. The smallest absolute Gasteiger partial charge is 0.160 e. The molecule has 0 aromatic heterocycles. The molecular formula is C17H16O. The molecule has 0 amide bonds. The van der Waals surface area contributed by atoms with E-state index in [0.717, 1.165) is 27.8 Å². The largest absolute Gasteiger partial charge is 0.295 e. The second-order valence-electron chi connectivity index (χ2n) is 4.41. The molecule has 0 radical (unpaired) electrons.